The molecule has 8 nitrogen and oxygen atoms in total. The van der Waals surface area contributed by atoms with Crippen molar-refractivity contribution >= 4 is 23.7 Å². The van der Waals surface area contributed by atoms with Crippen molar-refractivity contribution in [2.45, 2.75) is 32.6 Å². The van der Waals surface area contributed by atoms with E-state index in [-0.39, 0.29) is 11.8 Å². The highest BCUT2D eigenvalue weighted by atomic mass is 16.2. The molecule has 0 radical (unpaired) electrons. The molecule has 4 rings (SSSR count). The summed E-state index contributed by atoms with van der Waals surface area (Å²) in [5.74, 6) is 1.46. The molecule has 8 heteroatoms. The summed E-state index contributed by atoms with van der Waals surface area (Å²) in [6.45, 7) is 5.30. The Morgan fingerprint density at radius 2 is 2.07 bits per heavy atom. The maximum absolute atomic E-state index is 12.6. The van der Waals surface area contributed by atoms with Crippen LogP contribution in [0.3, 0.4) is 0 Å². The van der Waals surface area contributed by atoms with E-state index < -0.39 is 0 Å². The van der Waals surface area contributed by atoms with E-state index in [2.05, 4.69) is 25.3 Å². The molecule has 3 aromatic rings. The molecule has 1 aliphatic rings. The fourth-order valence-corrected chi connectivity index (χ4v) is 3.69. The van der Waals surface area contributed by atoms with Crippen molar-refractivity contribution in [3.8, 4) is 0 Å². The van der Waals surface area contributed by atoms with Crippen molar-refractivity contribution in [1.82, 2.24) is 29.8 Å². The number of imidazole rings is 1. The average Bonchev–Trinajstić information content (AvgIpc) is 3.25. The number of carbonyl (C=O) groups excluding carboxylic acids is 1. The number of hydrogen-bond donors (Lipinski definition) is 2. The molecule has 154 valence electrons. The fourth-order valence-electron chi connectivity index (χ4n) is 3.69. The van der Waals surface area contributed by atoms with Crippen molar-refractivity contribution in [1.29, 1.82) is 0 Å². The molecule has 1 atom stereocenters. The van der Waals surface area contributed by atoms with Gasteiger partial charge in [0.05, 0.1) is 18.2 Å². The Morgan fingerprint density at radius 3 is 2.83 bits per heavy atom. The number of anilines is 2. The van der Waals surface area contributed by atoms with E-state index in [1.807, 2.05) is 43.0 Å². The molecule has 0 bridgehead atoms. The number of aromatic nitrogens is 5. The third-order valence-electron chi connectivity index (χ3n) is 5.07. The summed E-state index contributed by atoms with van der Waals surface area (Å²) in [6.07, 6.45) is 8.59. The predicted octanol–water partition coefficient (Wildman–Crippen LogP) is 3.37. The van der Waals surface area contributed by atoms with Crippen LogP contribution >= 0.6 is 0 Å². The first-order valence-electron chi connectivity index (χ1n) is 10.1. The zero-order chi connectivity index (χ0) is 20.9. The monoisotopic (exact) mass is 403 g/mol. The third kappa shape index (κ3) is 4.89. The molecule has 0 saturated carbocycles. The van der Waals surface area contributed by atoms with E-state index >= 15 is 0 Å². The molecule has 0 unspecified atom stereocenters. The van der Waals surface area contributed by atoms with Gasteiger partial charge < -0.3 is 15.2 Å². The number of rotatable bonds is 5. The molecule has 30 heavy (non-hydrogen) atoms. The van der Waals surface area contributed by atoms with Gasteiger partial charge in [0, 0.05) is 42.2 Å². The van der Waals surface area contributed by atoms with Crippen LogP contribution in [0.2, 0.25) is 0 Å². The van der Waals surface area contributed by atoms with Crippen LogP contribution in [-0.4, -0.2) is 48.8 Å². The SMILES string of the molecule is Cc1cc(C)nc(Nc2cccc([C@@H]3CCCN(C(=O)/C=C/c4cnc[nH]4)C3)n2)n1. The number of nitrogens with zero attached hydrogens (tertiary/aromatic N) is 5. The minimum absolute atomic E-state index is 0.00668. The standard InChI is InChI=1S/C22H25N7O/c1-15-11-16(2)26-22(25-15)28-20-7-3-6-19(27-20)17-5-4-10-29(13-17)21(30)9-8-18-12-23-14-24-18/h3,6-9,11-12,14,17H,4-5,10,13H2,1-2H3,(H,23,24)(H,25,26,27,28)/b9-8+/t17-/m1/s1. The minimum Gasteiger partial charge on any atom is -0.345 e. The van der Waals surface area contributed by atoms with Crippen molar-refractivity contribution in [2.24, 2.45) is 0 Å². The van der Waals surface area contributed by atoms with Crippen LogP contribution in [0.25, 0.3) is 6.08 Å². The number of aromatic amines is 1. The van der Waals surface area contributed by atoms with Crippen LogP contribution < -0.4 is 5.32 Å². The Labute approximate surface area is 175 Å². The molecule has 1 saturated heterocycles. The summed E-state index contributed by atoms with van der Waals surface area (Å²) >= 11 is 0. The lowest BCUT2D eigenvalue weighted by Crippen LogP contribution is -2.38. The lowest BCUT2D eigenvalue weighted by atomic mass is 9.94. The van der Waals surface area contributed by atoms with Gasteiger partial charge in [0.15, 0.2) is 0 Å². The number of H-pyrrole nitrogens is 1. The highest BCUT2D eigenvalue weighted by Crippen LogP contribution is 2.27. The number of likely N-dealkylation sites (tertiary alicyclic amines) is 1. The highest BCUT2D eigenvalue weighted by Gasteiger charge is 2.24. The van der Waals surface area contributed by atoms with Gasteiger partial charge in [0.1, 0.15) is 5.82 Å². The van der Waals surface area contributed by atoms with Crippen LogP contribution in [0.4, 0.5) is 11.8 Å². The van der Waals surface area contributed by atoms with E-state index in [0.717, 1.165) is 42.2 Å². The van der Waals surface area contributed by atoms with Crippen molar-refractivity contribution < 1.29 is 4.79 Å². The van der Waals surface area contributed by atoms with Gasteiger partial charge in [-0.3, -0.25) is 4.79 Å². The van der Waals surface area contributed by atoms with Crippen LogP contribution in [0.1, 0.15) is 41.5 Å². The first-order chi connectivity index (χ1) is 14.6. The maximum Gasteiger partial charge on any atom is 0.246 e. The first kappa shape index (κ1) is 19.8. The van der Waals surface area contributed by atoms with Crippen LogP contribution in [0.15, 0.2) is 42.9 Å². The summed E-state index contributed by atoms with van der Waals surface area (Å²) in [5.41, 5.74) is 3.60. The largest absolute Gasteiger partial charge is 0.345 e. The third-order valence-corrected chi connectivity index (χ3v) is 5.07. The quantitative estimate of drug-likeness (QED) is 0.634. The van der Waals surface area contributed by atoms with Gasteiger partial charge in [-0.1, -0.05) is 6.07 Å². The molecule has 2 N–H and O–H groups in total. The van der Waals surface area contributed by atoms with E-state index in [1.165, 1.54) is 0 Å². The van der Waals surface area contributed by atoms with Crippen LogP contribution in [0.5, 0.6) is 0 Å². The number of pyridine rings is 1. The first-order valence-corrected chi connectivity index (χ1v) is 10.1. The molecular formula is C22H25N7O. The van der Waals surface area contributed by atoms with Gasteiger partial charge in [0.25, 0.3) is 0 Å². The summed E-state index contributed by atoms with van der Waals surface area (Å²) in [7, 11) is 0. The van der Waals surface area contributed by atoms with Gasteiger partial charge in [-0.2, -0.15) is 0 Å². The number of piperidine rings is 1. The number of nitrogens with one attached hydrogen (secondary N) is 2. The molecule has 1 amide bonds. The molecule has 1 fully saturated rings. The lowest BCUT2D eigenvalue weighted by molar-refractivity contribution is -0.127. The Bertz CT molecular complexity index is 1030. The smallest absolute Gasteiger partial charge is 0.246 e. The maximum atomic E-state index is 12.6. The van der Waals surface area contributed by atoms with E-state index in [0.29, 0.717) is 18.3 Å². The predicted molar refractivity (Wildman–Crippen MR) is 115 cm³/mol. The van der Waals surface area contributed by atoms with Gasteiger partial charge in [0.2, 0.25) is 11.9 Å². The zero-order valence-corrected chi connectivity index (χ0v) is 17.2. The topological polar surface area (TPSA) is 99.7 Å². The summed E-state index contributed by atoms with van der Waals surface area (Å²) in [4.78, 5) is 35.0. The van der Waals surface area contributed by atoms with E-state index in [9.17, 15) is 4.79 Å². The molecule has 0 aliphatic carbocycles. The second-order valence-corrected chi connectivity index (χ2v) is 7.51. The normalized spacial score (nSPS) is 16.7. The van der Waals surface area contributed by atoms with Gasteiger partial charge in [-0.15, -0.1) is 0 Å². The number of hydrogen-bond acceptors (Lipinski definition) is 6. The highest BCUT2D eigenvalue weighted by molar-refractivity contribution is 5.91. The van der Waals surface area contributed by atoms with Gasteiger partial charge in [-0.05, 0) is 51.0 Å². The van der Waals surface area contributed by atoms with Crippen LogP contribution in [-0.2, 0) is 4.79 Å². The number of carbonyl (C=O) groups is 1. The Kier molecular flexibility index (Phi) is 5.83. The number of amides is 1. The minimum atomic E-state index is 0.00668. The van der Waals surface area contributed by atoms with Gasteiger partial charge >= 0.3 is 0 Å². The lowest BCUT2D eigenvalue weighted by Gasteiger charge is -2.32. The summed E-state index contributed by atoms with van der Waals surface area (Å²) in [5, 5.41) is 3.20. The Balaban J connectivity index is 1.44. The van der Waals surface area contributed by atoms with E-state index in [4.69, 9.17) is 4.98 Å². The molecule has 1 aliphatic heterocycles. The van der Waals surface area contributed by atoms with Crippen molar-refractivity contribution in [3.05, 3.63) is 65.6 Å². The van der Waals surface area contributed by atoms with Crippen molar-refractivity contribution in [2.75, 3.05) is 18.4 Å². The summed E-state index contributed by atoms with van der Waals surface area (Å²) < 4.78 is 0. The average molecular weight is 403 g/mol. The Hall–Kier alpha value is -3.55. The zero-order valence-electron chi connectivity index (χ0n) is 17.2. The van der Waals surface area contributed by atoms with Crippen LogP contribution in [0, 0.1) is 13.8 Å². The molecule has 0 spiro atoms. The molecular weight excluding hydrogens is 378 g/mol. The molecule has 4 heterocycles. The summed E-state index contributed by atoms with van der Waals surface area (Å²) in [6, 6.07) is 7.84. The van der Waals surface area contributed by atoms with E-state index in [1.54, 1.807) is 24.7 Å². The Morgan fingerprint density at radius 1 is 1.23 bits per heavy atom. The second kappa shape index (κ2) is 8.86. The fraction of sp³-hybridized carbons (Fsp3) is 0.318. The molecule has 0 aromatic carbocycles. The second-order valence-electron chi connectivity index (χ2n) is 7.51. The molecule has 3 aromatic heterocycles. The van der Waals surface area contributed by atoms with Crippen molar-refractivity contribution in [3.63, 3.8) is 0 Å². The van der Waals surface area contributed by atoms with Gasteiger partial charge in [-0.25, -0.2) is 19.9 Å². The number of aryl methyl sites for hydroxylation is 2.